The number of hydrogen-bond acceptors (Lipinski definition) is 4. The third-order valence-corrected chi connectivity index (χ3v) is 2.99. The average Bonchev–Trinajstić information content (AvgIpc) is 2.35. The minimum atomic E-state index is -1.21. The Labute approximate surface area is 125 Å². The van der Waals surface area contributed by atoms with E-state index in [9.17, 15) is 14.7 Å². The van der Waals surface area contributed by atoms with Crippen LogP contribution in [0, 0.1) is 3.57 Å². The smallest absolute Gasteiger partial charge is 0.268 e. The SMILES string of the molecule is C.C[C@@H](O)[C@H](NC(=O)c1ccc(I)cc1)C(=O)NO. The summed E-state index contributed by atoms with van der Waals surface area (Å²) >= 11 is 2.10. The fourth-order valence-corrected chi connectivity index (χ4v) is 1.66. The molecule has 2 atom stereocenters. The molecule has 0 bridgehead atoms. The van der Waals surface area contributed by atoms with Crippen molar-refractivity contribution in [3.8, 4) is 0 Å². The minimum Gasteiger partial charge on any atom is -0.391 e. The van der Waals surface area contributed by atoms with Crippen molar-refractivity contribution in [2.45, 2.75) is 26.5 Å². The van der Waals surface area contributed by atoms with Gasteiger partial charge in [0.25, 0.3) is 11.8 Å². The number of halogens is 1. The van der Waals surface area contributed by atoms with Crippen molar-refractivity contribution in [1.29, 1.82) is 0 Å². The summed E-state index contributed by atoms with van der Waals surface area (Å²) in [5.41, 5.74) is 1.76. The number of aliphatic hydroxyl groups excluding tert-OH is 1. The van der Waals surface area contributed by atoms with Gasteiger partial charge in [0.15, 0.2) is 0 Å². The number of amides is 2. The second-order valence-electron chi connectivity index (χ2n) is 3.67. The van der Waals surface area contributed by atoms with Gasteiger partial charge in [-0.1, -0.05) is 7.43 Å². The van der Waals surface area contributed by atoms with E-state index in [1.165, 1.54) is 12.4 Å². The molecule has 0 unspecified atom stereocenters. The van der Waals surface area contributed by atoms with Crippen LogP contribution in [0.1, 0.15) is 24.7 Å². The highest BCUT2D eigenvalue weighted by Crippen LogP contribution is 2.07. The highest BCUT2D eigenvalue weighted by atomic mass is 127. The molecule has 1 aromatic carbocycles. The molecular formula is C12H17IN2O4. The van der Waals surface area contributed by atoms with Crippen molar-refractivity contribution in [3.05, 3.63) is 33.4 Å². The molecule has 0 aromatic heterocycles. The quantitative estimate of drug-likeness (QED) is 0.355. The van der Waals surface area contributed by atoms with Crippen LogP contribution in [0.4, 0.5) is 0 Å². The molecule has 0 spiro atoms. The van der Waals surface area contributed by atoms with Gasteiger partial charge in [-0.3, -0.25) is 14.8 Å². The predicted molar refractivity (Wildman–Crippen MR) is 78.8 cm³/mol. The Kier molecular flexibility index (Phi) is 7.57. The van der Waals surface area contributed by atoms with Crippen LogP contribution in [-0.2, 0) is 4.79 Å². The normalized spacial score (nSPS) is 12.8. The molecule has 0 radical (unpaired) electrons. The van der Waals surface area contributed by atoms with Crippen LogP contribution >= 0.6 is 22.6 Å². The lowest BCUT2D eigenvalue weighted by Crippen LogP contribution is -2.51. The Hall–Kier alpha value is -1.19. The van der Waals surface area contributed by atoms with Crippen molar-refractivity contribution < 1.29 is 19.9 Å². The molecular weight excluding hydrogens is 363 g/mol. The van der Waals surface area contributed by atoms with Crippen molar-refractivity contribution >= 4 is 34.4 Å². The van der Waals surface area contributed by atoms with Crippen molar-refractivity contribution in [3.63, 3.8) is 0 Å². The molecule has 0 aliphatic carbocycles. The van der Waals surface area contributed by atoms with Crippen molar-refractivity contribution in [2.75, 3.05) is 0 Å². The zero-order valence-electron chi connectivity index (χ0n) is 9.55. The summed E-state index contributed by atoms with van der Waals surface area (Å²) in [4.78, 5) is 23.0. The summed E-state index contributed by atoms with van der Waals surface area (Å²) in [5, 5.41) is 20.2. The zero-order chi connectivity index (χ0) is 13.7. The van der Waals surface area contributed by atoms with Crippen molar-refractivity contribution in [1.82, 2.24) is 10.8 Å². The van der Waals surface area contributed by atoms with Gasteiger partial charge in [0.05, 0.1) is 6.10 Å². The number of carbonyl (C=O) groups excluding carboxylic acids is 2. The Bertz CT molecular complexity index is 434. The molecule has 0 fully saturated rings. The molecule has 6 nitrogen and oxygen atoms in total. The van der Waals surface area contributed by atoms with E-state index in [4.69, 9.17) is 5.21 Å². The van der Waals surface area contributed by atoms with Gasteiger partial charge in [-0.15, -0.1) is 0 Å². The first kappa shape index (κ1) is 17.8. The molecule has 2 amide bonds. The van der Waals surface area contributed by atoms with Crippen LogP contribution in [0.5, 0.6) is 0 Å². The maximum Gasteiger partial charge on any atom is 0.268 e. The first-order valence-corrected chi connectivity index (χ1v) is 6.22. The third-order valence-electron chi connectivity index (χ3n) is 2.27. The number of nitrogens with one attached hydrogen (secondary N) is 2. The molecule has 4 N–H and O–H groups in total. The van der Waals surface area contributed by atoms with Gasteiger partial charge in [-0.05, 0) is 53.8 Å². The largest absolute Gasteiger partial charge is 0.391 e. The average molecular weight is 380 g/mol. The van der Waals surface area contributed by atoms with Gasteiger partial charge in [0, 0.05) is 9.13 Å². The molecule has 0 aliphatic heterocycles. The van der Waals surface area contributed by atoms with E-state index >= 15 is 0 Å². The van der Waals surface area contributed by atoms with Crippen molar-refractivity contribution in [2.24, 2.45) is 0 Å². The second-order valence-corrected chi connectivity index (χ2v) is 4.92. The fraction of sp³-hybridized carbons (Fsp3) is 0.333. The lowest BCUT2D eigenvalue weighted by molar-refractivity contribution is -0.133. The highest BCUT2D eigenvalue weighted by Gasteiger charge is 2.25. The Balaban J connectivity index is 0.00000324. The molecule has 0 heterocycles. The first-order valence-electron chi connectivity index (χ1n) is 5.14. The molecule has 7 heteroatoms. The van der Waals surface area contributed by atoms with Crippen LogP contribution in [0.2, 0.25) is 0 Å². The zero-order valence-corrected chi connectivity index (χ0v) is 11.7. The number of rotatable bonds is 4. The van der Waals surface area contributed by atoms with Crippen LogP contribution < -0.4 is 10.8 Å². The lowest BCUT2D eigenvalue weighted by atomic mass is 10.1. The van der Waals surface area contributed by atoms with Gasteiger partial charge in [0.2, 0.25) is 0 Å². The molecule has 1 aromatic rings. The van der Waals surface area contributed by atoms with E-state index < -0.39 is 24.0 Å². The monoisotopic (exact) mass is 380 g/mol. The summed E-state index contributed by atoms with van der Waals surface area (Å²) in [6.45, 7) is 1.34. The van der Waals surface area contributed by atoms with E-state index in [2.05, 4.69) is 27.9 Å². The molecule has 0 saturated heterocycles. The molecule has 106 valence electrons. The fourth-order valence-electron chi connectivity index (χ4n) is 1.30. The minimum absolute atomic E-state index is 0. The van der Waals surface area contributed by atoms with E-state index in [-0.39, 0.29) is 7.43 Å². The third kappa shape index (κ3) is 5.13. The van der Waals surface area contributed by atoms with Gasteiger partial charge in [-0.25, -0.2) is 5.48 Å². The predicted octanol–water partition coefficient (Wildman–Crippen LogP) is 0.912. The Morgan fingerprint density at radius 2 is 1.79 bits per heavy atom. The molecule has 0 saturated carbocycles. The molecule has 1 rings (SSSR count). The maximum absolute atomic E-state index is 11.8. The Morgan fingerprint density at radius 3 is 2.21 bits per heavy atom. The van der Waals surface area contributed by atoms with Crippen LogP contribution in [0.3, 0.4) is 0 Å². The van der Waals surface area contributed by atoms with E-state index in [0.29, 0.717) is 5.56 Å². The van der Waals surface area contributed by atoms with Gasteiger partial charge >= 0.3 is 0 Å². The number of hydroxylamine groups is 1. The number of hydrogen-bond donors (Lipinski definition) is 4. The standard InChI is InChI=1S/C11H13IN2O4.CH4/c1-6(15)9(11(17)14-18)13-10(16)7-2-4-8(12)5-3-7;/h2-6,9,15,18H,1H3,(H,13,16)(H,14,17);1H4/t6-,9+;/m1./s1. The summed E-state index contributed by atoms with van der Waals surface area (Å²) < 4.78 is 0.976. The van der Waals surface area contributed by atoms with E-state index in [1.807, 2.05) is 0 Å². The molecule has 19 heavy (non-hydrogen) atoms. The highest BCUT2D eigenvalue weighted by molar-refractivity contribution is 14.1. The summed E-state index contributed by atoms with van der Waals surface area (Å²) in [5.74, 6) is -1.37. The van der Waals surface area contributed by atoms with E-state index in [0.717, 1.165) is 3.57 Å². The van der Waals surface area contributed by atoms with E-state index in [1.54, 1.807) is 24.3 Å². The van der Waals surface area contributed by atoms with Crippen LogP contribution in [0.25, 0.3) is 0 Å². The second kappa shape index (κ2) is 8.08. The number of benzene rings is 1. The van der Waals surface area contributed by atoms with Gasteiger partial charge in [-0.2, -0.15) is 0 Å². The van der Waals surface area contributed by atoms with Gasteiger partial charge < -0.3 is 10.4 Å². The lowest BCUT2D eigenvalue weighted by Gasteiger charge is -2.19. The number of carbonyl (C=O) groups is 2. The molecule has 0 aliphatic rings. The summed E-state index contributed by atoms with van der Waals surface area (Å²) in [7, 11) is 0. The van der Waals surface area contributed by atoms with Crippen LogP contribution in [-0.4, -0.2) is 34.3 Å². The van der Waals surface area contributed by atoms with Crippen LogP contribution in [0.15, 0.2) is 24.3 Å². The number of aliphatic hydroxyl groups is 1. The summed E-state index contributed by atoms with van der Waals surface area (Å²) in [6, 6.07) is 5.50. The maximum atomic E-state index is 11.8. The Morgan fingerprint density at radius 1 is 1.26 bits per heavy atom. The first-order chi connectivity index (χ1) is 8.45. The summed E-state index contributed by atoms with van der Waals surface area (Å²) in [6.07, 6.45) is -1.12. The topological polar surface area (TPSA) is 98.7 Å². The van der Waals surface area contributed by atoms with Gasteiger partial charge in [0.1, 0.15) is 6.04 Å².